The summed E-state index contributed by atoms with van der Waals surface area (Å²) in [6.45, 7) is 0.376. The van der Waals surface area contributed by atoms with Crippen LogP contribution in [0.3, 0.4) is 0 Å². The van der Waals surface area contributed by atoms with E-state index in [0.29, 0.717) is 12.5 Å². The lowest BCUT2D eigenvalue weighted by Gasteiger charge is -2.26. The Kier molecular flexibility index (Phi) is 3.64. The van der Waals surface area contributed by atoms with Crippen LogP contribution < -0.4 is 14.4 Å². The molecule has 1 aliphatic carbocycles. The molecular weight excluding hydrogens is 324 g/mol. The fraction of sp³-hybridized carbons (Fsp3) is 0.333. The Morgan fingerprint density at radius 2 is 1.96 bits per heavy atom. The molecule has 126 valence electrons. The van der Waals surface area contributed by atoms with Crippen molar-refractivity contribution >= 4 is 21.4 Å². The van der Waals surface area contributed by atoms with Gasteiger partial charge in [-0.25, -0.2) is 8.42 Å². The van der Waals surface area contributed by atoms with Crippen molar-refractivity contribution in [1.82, 2.24) is 0 Å². The molecule has 5 nitrogen and oxygen atoms in total. The van der Waals surface area contributed by atoms with Gasteiger partial charge in [-0.2, -0.15) is 0 Å². The maximum absolute atomic E-state index is 13.1. The number of nitrogens with zero attached hydrogens (tertiary/aromatic N) is 1. The number of hydrogen-bond donors (Lipinski definition) is 1. The van der Waals surface area contributed by atoms with Crippen LogP contribution in [0.4, 0.5) is 11.4 Å². The predicted octanol–water partition coefficient (Wildman–Crippen LogP) is 3.15. The minimum atomic E-state index is -3.62. The molecule has 0 atom stereocenters. The van der Waals surface area contributed by atoms with Gasteiger partial charge in [0.25, 0.3) is 10.0 Å². The molecule has 2 aliphatic rings. The van der Waals surface area contributed by atoms with E-state index in [-0.39, 0.29) is 4.90 Å². The van der Waals surface area contributed by atoms with Gasteiger partial charge in [0.05, 0.1) is 16.3 Å². The summed E-state index contributed by atoms with van der Waals surface area (Å²) in [6.07, 6.45) is 4.23. The minimum absolute atomic E-state index is 0.251. The second kappa shape index (κ2) is 5.70. The molecule has 2 aromatic rings. The lowest BCUT2D eigenvalue weighted by molar-refractivity contribution is 0.371. The molecule has 1 N–H and O–H groups in total. The van der Waals surface area contributed by atoms with E-state index in [9.17, 15) is 8.42 Å². The van der Waals surface area contributed by atoms with Crippen LogP contribution in [0.2, 0.25) is 0 Å². The van der Waals surface area contributed by atoms with Crippen LogP contribution in [0, 0.1) is 0 Å². The molecule has 0 fully saturated rings. The third-order valence-corrected chi connectivity index (χ3v) is 6.58. The van der Waals surface area contributed by atoms with E-state index in [1.54, 1.807) is 25.2 Å². The molecule has 24 heavy (non-hydrogen) atoms. The van der Waals surface area contributed by atoms with Crippen LogP contribution >= 0.6 is 0 Å². The zero-order chi connectivity index (χ0) is 16.7. The van der Waals surface area contributed by atoms with Crippen LogP contribution in [-0.4, -0.2) is 22.2 Å². The predicted molar refractivity (Wildman–Crippen MR) is 94.2 cm³/mol. The largest absolute Gasteiger partial charge is 0.471 e. The number of fused-ring (bicyclic) bond motifs is 2. The average molecular weight is 344 g/mol. The zero-order valence-electron chi connectivity index (χ0n) is 13.6. The second-order valence-electron chi connectivity index (χ2n) is 6.22. The second-order valence-corrected chi connectivity index (χ2v) is 8.19. The number of hydrogen-bond acceptors (Lipinski definition) is 4. The highest BCUT2D eigenvalue weighted by Gasteiger charge is 2.26. The fourth-order valence-electron chi connectivity index (χ4n) is 3.46. The molecule has 0 bridgehead atoms. The van der Waals surface area contributed by atoms with Gasteiger partial charge in [0.1, 0.15) is 5.75 Å². The highest BCUT2D eigenvalue weighted by atomic mass is 32.2. The number of aryl methyl sites for hydroxylation is 1. The van der Waals surface area contributed by atoms with Crippen molar-refractivity contribution in [3.63, 3.8) is 0 Å². The molecular formula is C18H20N2O3S. The number of ether oxygens (including phenoxy) is 1. The van der Waals surface area contributed by atoms with Crippen LogP contribution in [-0.2, 0) is 22.9 Å². The Labute approximate surface area is 142 Å². The summed E-state index contributed by atoms with van der Waals surface area (Å²) < 4.78 is 33.0. The Morgan fingerprint density at radius 3 is 2.83 bits per heavy atom. The van der Waals surface area contributed by atoms with E-state index in [1.165, 1.54) is 16.3 Å². The first-order valence-electron chi connectivity index (χ1n) is 8.18. The number of sulfonamides is 1. The third-order valence-electron chi connectivity index (χ3n) is 4.81. The monoisotopic (exact) mass is 344 g/mol. The van der Waals surface area contributed by atoms with Gasteiger partial charge < -0.3 is 10.1 Å². The lowest BCUT2D eigenvalue weighted by Crippen LogP contribution is -2.28. The van der Waals surface area contributed by atoms with Gasteiger partial charge in [-0.15, -0.1) is 0 Å². The van der Waals surface area contributed by atoms with Crippen molar-refractivity contribution in [2.45, 2.75) is 30.6 Å². The molecule has 6 heteroatoms. The summed E-state index contributed by atoms with van der Waals surface area (Å²) in [5.41, 5.74) is 4.04. The summed E-state index contributed by atoms with van der Waals surface area (Å²) in [5.74, 6) is 0.583. The van der Waals surface area contributed by atoms with E-state index in [2.05, 4.69) is 11.4 Å². The van der Waals surface area contributed by atoms with Gasteiger partial charge in [-0.3, -0.25) is 4.31 Å². The van der Waals surface area contributed by atoms with Gasteiger partial charge >= 0.3 is 0 Å². The molecule has 0 saturated carbocycles. The minimum Gasteiger partial charge on any atom is -0.471 e. The number of rotatable bonds is 3. The topological polar surface area (TPSA) is 58.6 Å². The average Bonchev–Trinajstić information content (AvgIpc) is 3.08. The van der Waals surface area contributed by atoms with Crippen molar-refractivity contribution in [2.24, 2.45) is 0 Å². The van der Waals surface area contributed by atoms with Crippen molar-refractivity contribution in [3.05, 3.63) is 47.5 Å². The van der Waals surface area contributed by atoms with Crippen LogP contribution in [0.5, 0.6) is 5.75 Å². The summed E-state index contributed by atoms with van der Waals surface area (Å²) in [6, 6.07) is 10.9. The lowest BCUT2D eigenvalue weighted by atomic mass is 9.90. The number of nitrogens with one attached hydrogen (secondary N) is 1. The normalized spacial score (nSPS) is 15.9. The Hall–Kier alpha value is -2.21. The molecule has 1 aliphatic heterocycles. The quantitative estimate of drug-likeness (QED) is 0.929. The van der Waals surface area contributed by atoms with Gasteiger partial charge in [0, 0.05) is 13.1 Å². The van der Waals surface area contributed by atoms with Gasteiger partial charge in [0.2, 0.25) is 0 Å². The molecule has 0 aromatic heterocycles. The van der Waals surface area contributed by atoms with E-state index in [1.807, 2.05) is 12.1 Å². The standard InChI is InChI=1S/C18H20N2O3S/c1-20(17-8-4-6-13-5-2-3-7-15(13)17)24(21,22)14-9-10-16-18(11-14)23-12-19-16/h4,6,8-11,19H,2-3,5,7,12H2,1H3. The van der Waals surface area contributed by atoms with E-state index in [0.717, 1.165) is 36.2 Å². The maximum Gasteiger partial charge on any atom is 0.264 e. The van der Waals surface area contributed by atoms with Gasteiger partial charge in [0.15, 0.2) is 6.73 Å². The summed E-state index contributed by atoms with van der Waals surface area (Å²) in [4.78, 5) is 0.251. The summed E-state index contributed by atoms with van der Waals surface area (Å²) >= 11 is 0. The molecule has 1 heterocycles. The van der Waals surface area contributed by atoms with E-state index in [4.69, 9.17) is 4.74 Å². The summed E-state index contributed by atoms with van der Waals surface area (Å²) in [5, 5.41) is 3.05. The first-order valence-corrected chi connectivity index (χ1v) is 9.62. The van der Waals surface area contributed by atoms with Crippen molar-refractivity contribution in [3.8, 4) is 5.75 Å². The van der Waals surface area contributed by atoms with E-state index >= 15 is 0 Å². The van der Waals surface area contributed by atoms with Crippen molar-refractivity contribution in [1.29, 1.82) is 0 Å². The Bertz CT molecular complexity index is 893. The number of benzene rings is 2. The highest BCUT2D eigenvalue weighted by Crippen LogP contribution is 2.35. The first-order chi connectivity index (χ1) is 11.6. The van der Waals surface area contributed by atoms with Crippen LogP contribution in [0.15, 0.2) is 41.3 Å². The maximum atomic E-state index is 13.1. The summed E-state index contributed by atoms with van der Waals surface area (Å²) in [7, 11) is -1.99. The van der Waals surface area contributed by atoms with Crippen molar-refractivity contribution in [2.75, 3.05) is 23.4 Å². The van der Waals surface area contributed by atoms with E-state index < -0.39 is 10.0 Å². The van der Waals surface area contributed by atoms with Gasteiger partial charge in [-0.1, -0.05) is 12.1 Å². The van der Waals surface area contributed by atoms with Crippen LogP contribution in [0.1, 0.15) is 24.0 Å². The first kappa shape index (κ1) is 15.3. The molecule has 4 rings (SSSR count). The molecule has 0 radical (unpaired) electrons. The third kappa shape index (κ3) is 2.41. The van der Waals surface area contributed by atoms with Crippen molar-refractivity contribution < 1.29 is 13.2 Å². The van der Waals surface area contributed by atoms with Crippen LogP contribution in [0.25, 0.3) is 0 Å². The number of anilines is 2. The fourth-order valence-corrected chi connectivity index (χ4v) is 4.71. The SMILES string of the molecule is CN(c1cccc2c1CCCC2)S(=O)(=O)c1ccc2c(c1)OCN2. The molecule has 0 spiro atoms. The van der Waals surface area contributed by atoms with Gasteiger partial charge in [-0.05, 0) is 55.0 Å². The molecule has 2 aromatic carbocycles. The Morgan fingerprint density at radius 1 is 1.12 bits per heavy atom. The molecule has 0 amide bonds. The molecule has 0 saturated heterocycles. The molecule has 0 unspecified atom stereocenters. The highest BCUT2D eigenvalue weighted by molar-refractivity contribution is 7.92. The zero-order valence-corrected chi connectivity index (χ0v) is 14.4. The smallest absolute Gasteiger partial charge is 0.264 e. The Balaban J connectivity index is 1.75.